The molecule has 0 aromatic rings. The summed E-state index contributed by atoms with van der Waals surface area (Å²) in [6.45, 7) is 3.58. The van der Waals surface area contributed by atoms with Crippen LogP contribution in [-0.2, 0) is 14.3 Å². The van der Waals surface area contributed by atoms with E-state index in [1.54, 1.807) is 6.92 Å². The van der Waals surface area contributed by atoms with Crippen LogP contribution in [0.15, 0.2) is 11.6 Å². The number of rotatable bonds is 4. The molecule has 0 spiro atoms. The average molecular weight is 211 g/mol. The van der Waals surface area contributed by atoms with Crippen molar-refractivity contribution in [2.24, 2.45) is 0 Å². The Balaban J connectivity index is 2.27. The van der Waals surface area contributed by atoms with Crippen molar-refractivity contribution in [2.75, 3.05) is 6.54 Å². The zero-order valence-electron chi connectivity index (χ0n) is 9.21. The fraction of sp³-hybridized carbons (Fsp3) is 0.636. The Morgan fingerprint density at radius 1 is 1.60 bits per heavy atom. The second-order valence-electron chi connectivity index (χ2n) is 3.77. The van der Waals surface area contributed by atoms with E-state index in [1.165, 1.54) is 6.92 Å². The largest absolute Gasteiger partial charge is 0.457 e. The fourth-order valence-electron chi connectivity index (χ4n) is 1.44. The Kier molecular flexibility index (Phi) is 4.34. The zero-order valence-corrected chi connectivity index (χ0v) is 9.21. The van der Waals surface area contributed by atoms with Crippen LogP contribution in [-0.4, -0.2) is 24.5 Å². The van der Waals surface area contributed by atoms with E-state index >= 15 is 0 Å². The second-order valence-corrected chi connectivity index (χ2v) is 3.77. The number of ether oxygens (including phenoxy) is 1. The van der Waals surface area contributed by atoms with Crippen molar-refractivity contribution >= 4 is 11.9 Å². The van der Waals surface area contributed by atoms with E-state index in [2.05, 4.69) is 5.32 Å². The van der Waals surface area contributed by atoms with Gasteiger partial charge in [-0.25, -0.2) is 4.79 Å². The van der Waals surface area contributed by atoms with Crippen LogP contribution in [0.2, 0.25) is 0 Å². The first-order valence-electron chi connectivity index (χ1n) is 5.24. The molecule has 0 saturated heterocycles. The molecular weight excluding hydrogens is 194 g/mol. The first-order chi connectivity index (χ1) is 7.09. The number of nitrogens with one attached hydrogen (secondary N) is 1. The van der Waals surface area contributed by atoms with E-state index in [9.17, 15) is 9.59 Å². The molecule has 1 aliphatic carbocycles. The molecule has 0 unspecified atom stereocenters. The van der Waals surface area contributed by atoms with Crippen LogP contribution >= 0.6 is 0 Å². The quantitative estimate of drug-likeness (QED) is 0.710. The number of amides is 1. The molecule has 1 N–H and O–H groups in total. The molecule has 4 nitrogen and oxygen atoms in total. The minimum Gasteiger partial charge on any atom is -0.457 e. The van der Waals surface area contributed by atoms with Gasteiger partial charge in [-0.05, 0) is 26.2 Å². The SMILES string of the molecule is CC(=O)NC[C@@H](C)OC(=O)C1=CCCC1. The summed E-state index contributed by atoms with van der Waals surface area (Å²) in [7, 11) is 0. The van der Waals surface area contributed by atoms with Crippen LogP contribution in [0.5, 0.6) is 0 Å². The molecular formula is C11H17NO3. The van der Waals surface area contributed by atoms with Crippen molar-refractivity contribution in [1.82, 2.24) is 5.32 Å². The maximum atomic E-state index is 11.5. The van der Waals surface area contributed by atoms with E-state index in [1.807, 2.05) is 6.08 Å². The normalized spacial score (nSPS) is 16.8. The molecule has 1 atom stereocenters. The molecule has 84 valence electrons. The molecule has 1 rings (SSSR count). The third kappa shape index (κ3) is 4.14. The third-order valence-corrected chi connectivity index (χ3v) is 2.25. The van der Waals surface area contributed by atoms with Crippen molar-refractivity contribution in [2.45, 2.75) is 39.2 Å². The molecule has 4 heteroatoms. The lowest BCUT2D eigenvalue weighted by Gasteiger charge is -2.13. The van der Waals surface area contributed by atoms with Crippen LogP contribution in [0.1, 0.15) is 33.1 Å². The van der Waals surface area contributed by atoms with Crippen LogP contribution in [0, 0.1) is 0 Å². The Labute approximate surface area is 89.7 Å². The highest BCUT2D eigenvalue weighted by atomic mass is 16.5. The Hall–Kier alpha value is -1.32. The first-order valence-corrected chi connectivity index (χ1v) is 5.24. The molecule has 0 aromatic heterocycles. The van der Waals surface area contributed by atoms with Gasteiger partial charge in [0.25, 0.3) is 0 Å². The summed E-state index contributed by atoms with van der Waals surface area (Å²) in [5.74, 6) is -0.358. The molecule has 1 amide bonds. The van der Waals surface area contributed by atoms with Crippen molar-refractivity contribution < 1.29 is 14.3 Å². The number of allylic oxidation sites excluding steroid dienone is 1. The van der Waals surface area contributed by atoms with E-state index in [4.69, 9.17) is 4.74 Å². The van der Waals surface area contributed by atoms with Gasteiger partial charge in [0.05, 0.1) is 6.54 Å². The highest BCUT2D eigenvalue weighted by Crippen LogP contribution is 2.18. The van der Waals surface area contributed by atoms with Gasteiger partial charge in [-0.15, -0.1) is 0 Å². The van der Waals surface area contributed by atoms with Gasteiger partial charge in [-0.1, -0.05) is 6.08 Å². The zero-order chi connectivity index (χ0) is 11.3. The average Bonchev–Trinajstić information content (AvgIpc) is 2.67. The minimum absolute atomic E-state index is 0.113. The third-order valence-electron chi connectivity index (χ3n) is 2.25. The summed E-state index contributed by atoms with van der Waals surface area (Å²) in [5, 5.41) is 2.61. The van der Waals surface area contributed by atoms with Crippen LogP contribution in [0.25, 0.3) is 0 Å². The lowest BCUT2D eigenvalue weighted by molar-refractivity contribution is -0.144. The molecule has 0 aromatic carbocycles. The number of hydrogen-bond donors (Lipinski definition) is 1. The Bertz CT molecular complexity index is 284. The lowest BCUT2D eigenvalue weighted by atomic mass is 10.2. The number of carbonyl (C=O) groups excluding carboxylic acids is 2. The van der Waals surface area contributed by atoms with Crippen molar-refractivity contribution in [3.63, 3.8) is 0 Å². The maximum absolute atomic E-state index is 11.5. The highest BCUT2D eigenvalue weighted by molar-refractivity contribution is 5.89. The van der Waals surface area contributed by atoms with Gasteiger partial charge in [0.1, 0.15) is 6.10 Å². The van der Waals surface area contributed by atoms with Gasteiger partial charge < -0.3 is 10.1 Å². The standard InChI is InChI=1S/C11H17NO3/c1-8(7-12-9(2)13)15-11(14)10-5-3-4-6-10/h5,8H,3-4,6-7H2,1-2H3,(H,12,13)/t8-/m1/s1. The molecule has 0 radical (unpaired) electrons. The van der Waals surface area contributed by atoms with E-state index in [-0.39, 0.29) is 18.0 Å². The van der Waals surface area contributed by atoms with E-state index < -0.39 is 0 Å². The van der Waals surface area contributed by atoms with E-state index in [0.29, 0.717) is 6.54 Å². The minimum atomic E-state index is -0.275. The molecule has 1 aliphatic rings. The van der Waals surface area contributed by atoms with Gasteiger partial charge >= 0.3 is 5.97 Å². The number of hydrogen-bond acceptors (Lipinski definition) is 3. The molecule has 0 fully saturated rings. The van der Waals surface area contributed by atoms with Crippen LogP contribution in [0.4, 0.5) is 0 Å². The lowest BCUT2D eigenvalue weighted by Crippen LogP contribution is -2.31. The Morgan fingerprint density at radius 3 is 2.87 bits per heavy atom. The van der Waals surface area contributed by atoms with Gasteiger partial charge in [0, 0.05) is 12.5 Å². The molecule has 0 aliphatic heterocycles. The summed E-state index contributed by atoms with van der Waals surface area (Å²) in [4.78, 5) is 22.1. The van der Waals surface area contributed by atoms with Crippen molar-refractivity contribution in [3.8, 4) is 0 Å². The summed E-state index contributed by atoms with van der Waals surface area (Å²) < 4.78 is 5.16. The van der Waals surface area contributed by atoms with Crippen molar-refractivity contribution in [1.29, 1.82) is 0 Å². The smallest absolute Gasteiger partial charge is 0.334 e. The fourth-order valence-corrected chi connectivity index (χ4v) is 1.44. The summed E-state index contributed by atoms with van der Waals surface area (Å²) >= 11 is 0. The van der Waals surface area contributed by atoms with Gasteiger partial charge in [-0.3, -0.25) is 4.79 Å². The topological polar surface area (TPSA) is 55.4 Å². The predicted octanol–water partition coefficient (Wildman–Crippen LogP) is 1.16. The summed E-state index contributed by atoms with van der Waals surface area (Å²) in [5.41, 5.74) is 0.768. The van der Waals surface area contributed by atoms with Crippen LogP contribution in [0.3, 0.4) is 0 Å². The molecule has 0 bridgehead atoms. The highest BCUT2D eigenvalue weighted by Gasteiger charge is 2.17. The Morgan fingerprint density at radius 2 is 2.33 bits per heavy atom. The second kappa shape index (κ2) is 5.53. The van der Waals surface area contributed by atoms with Crippen molar-refractivity contribution in [3.05, 3.63) is 11.6 Å². The molecule has 15 heavy (non-hydrogen) atoms. The number of esters is 1. The van der Waals surface area contributed by atoms with Crippen LogP contribution < -0.4 is 5.32 Å². The maximum Gasteiger partial charge on any atom is 0.334 e. The predicted molar refractivity (Wildman–Crippen MR) is 56.2 cm³/mol. The van der Waals surface area contributed by atoms with Gasteiger partial charge in [0.2, 0.25) is 5.91 Å². The monoisotopic (exact) mass is 211 g/mol. The van der Waals surface area contributed by atoms with Gasteiger partial charge in [0.15, 0.2) is 0 Å². The summed E-state index contributed by atoms with van der Waals surface area (Å²) in [6, 6.07) is 0. The number of carbonyl (C=O) groups is 2. The molecule has 0 saturated carbocycles. The molecule has 0 heterocycles. The first kappa shape index (κ1) is 11.8. The van der Waals surface area contributed by atoms with E-state index in [0.717, 1.165) is 24.8 Å². The van der Waals surface area contributed by atoms with Gasteiger partial charge in [-0.2, -0.15) is 0 Å². The summed E-state index contributed by atoms with van der Waals surface area (Å²) in [6.07, 6.45) is 4.46.